The second-order valence-electron chi connectivity index (χ2n) is 9.84. The number of rotatable bonds is 22. The van der Waals surface area contributed by atoms with E-state index in [9.17, 15) is 9.59 Å². The molecule has 0 unspecified atom stereocenters. The molecule has 0 fully saturated rings. The van der Waals surface area contributed by atoms with E-state index in [2.05, 4.69) is 19.2 Å². The maximum Gasteiger partial charge on any atom is 1.00 e. The van der Waals surface area contributed by atoms with E-state index in [1.807, 2.05) is 0 Å². The molecule has 1 amide bonds. The second-order valence-corrected chi connectivity index (χ2v) is 9.84. The summed E-state index contributed by atoms with van der Waals surface area (Å²) in [5.41, 5.74) is 0.504. The van der Waals surface area contributed by atoms with Crippen molar-refractivity contribution in [3.8, 4) is 5.75 Å². The molecule has 0 aliphatic rings. The molecule has 0 aliphatic heterocycles. The van der Waals surface area contributed by atoms with Crippen molar-refractivity contribution in [3.63, 3.8) is 0 Å². The third-order valence-electron chi connectivity index (χ3n) is 6.10. The molecule has 1 aromatic carbocycles. The van der Waals surface area contributed by atoms with Gasteiger partial charge in [0.1, 0.15) is 5.75 Å². The summed E-state index contributed by atoms with van der Waals surface area (Å²) >= 11 is 0. The third kappa shape index (κ3) is 21.4. The van der Waals surface area contributed by atoms with Gasteiger partial charge in [-0.25, -0.2) is 0 Å². The van der Waals surface area contributed by atoms with Crippen molar-refractivity contribution in [2.75, 3.05) is 13.2 Å². The molecule has 0 saturated carbocycles. The van der Waals surface area contributed by atoms with Crippen LogP contribution >= 0.6 is 0 Å². The Morgan fingerprint density at radius 1 is 0.771 bits per heavy atom. The van der Waals surface area contributed by atoms with Gasteiger partial charge in [-0.15, -0.1) is 6.54 Å². The van der Waals surface area contributed by atoms with Gasteiger partial charge in [-0.05, 0) is 42.2 Å². The molecule has 0 heterocycles. The monoisotopic (exact) mass is 513 g/mol. The minimum Gasteiger partial charge on any atom is -0.649 e. The number of hydrogen-bond donors (Lipinski definition) is 1. The molecule has 194 valence electrons. The molecular weight excluding hydrogens is 465 g/mol. The van der Waals surface area contributed by atoms with Crippen LogP contribution in [0.25, 0.3) is 5.32 Å². The van der Waals surface area contributed by atoms with Crippen LogP contribution < -0.4 is 56.1 Å². The summed E-state index contributed by atoms with van der Waals surface area (Å²) in [6.45, 7) is 5.57. The smallest absolute Gasteiger partial charge is 0.649 e. The van der Waals surface area contributed by atoms with Crippen molar-refractivity contribution in [1.29, 1.82) is 0 Å². The van der Waals surface area contributed by atoms with Gasteiger partial charge in [0.05, 0.1) is 12.5 Å². The number of carboxylic acid groups (broad SMARTS) is 1. The van der Waals surface area contributed by atoms with Crippen molar-refractivity contribution in [1.82, 2.24) is 0 Å². The first kappa shape index (κ1) is 34.6. The summed E-state index contributed by atoms with van der Waals surface area (Å²) in [6, 6.07) is 7.02. The van der Waals surface area contributed by atoms with E-state index in [4.69, 9.17) is 9.84 Å². The molecule has 0 aromatic heterocycles. The van der Waals surface area contributed by atoms with Gasteiger partial charge >= 0.3 is 57.4 Å². The first-order valence-electron chi connectivity index (χ1n) is 13.7. The topological polar surface area (TPSA) is 77.7 Å². The van der Waals surface area contributed by atoms with Crippen molar-refractivity contribution < 1.29 is 70.8 Å². The normalized spacial score (nSPS) is 10.7. The molecule has 1 aromatic rings. The number of benzene rings is 1. The summed E-state index contributed by atoms with van der Waals surface area (Å²) in [4.78, 5) is 22.4. The average Bonchev–Trinajstić information content (AvgIpc) is 2.81. The van der Waals surface area contributed by atoms with E-state index in [1.165, 1.54) is 83.5 Å². The van der Waals surface area contributed by atoms with Gasteiger partial charge in [0, 0.05) is 6.42 Å². The van der Waals surface area contributed by atoms with Gasteiger partial charge in [-0.3, -0.25) is 4.79 Å². The maximum absolute atomic E-state index is 12.0. The number of carboxylic acids is 1. The van der Waals surface area contributed by atoms with Crippen LogP contribution in [0.15, 0.2) is 24.3 Å². The van der Waals surface area contributed by atoms with Gasteiger partial charge in [0.2, 0.25) is 0 Å². The second kappa shape index (κ2) is 24.0. The molecule has 1 N–H and O–H groups in total. The molecule has 0 aliphatic carbocycles. The number of unbranched alkanes of at least 4 members (excludes halogenated alkanes) is 12. The van der Waals surface area contributed by atoms with E-state index in [0.717, 1.165) is 18.1 Å². The van der Waals surface area contributed by atoms with Crippen molar-refractivity contribution in [2.45, 2.75) is 117 Å². The molecule has 35 heavy (non-hydrogen) atoms. The quantitative estimate of drug-likeness (QED) is 0.162. The number of nitrogens with zero attached hydrogens (tertiary/aromatic N) is 1. The Morgan fingerprint density at radius 2 is 1.26 bits per heavy atom. The maximum atomic E-state index is 12.0. The molecular formula is C29H48KNO4. The zero-order chi connectivity index (χ0) is 24.9. The predicted octanol–water partition coefficient (Wildman–Crippen LogP) is 5.57. The summed E-state index contributed by atoms with van der Waals surface area (Å²) < 4.78 is 5.78. The number of hydrogen-bond acceptors (Lipinski definition) is 3. The SMILES string of the molecule is CC(C)CCCCCCCCCCCCCCCOc1ccc(C(=O)[N-]CCCC(=O)O)cc1.[K+]. The molecule has 0 radical (unpaired) electrons. The van der Waals surface area contributed by atoms with E-state index in [0.29, 0.717) is 18.6 Å². The van der Waals surface area contributed by atoms with Crippen LogP contribution in [-0.2, 0) is 4.79 Å². The fourth-order valence-electron chi connectivity index (χ4n) is 3.99. The molecule has 0 spiro atoms. The van der Waals surface area contributed by atoms with Gasteiger partial charge in [-0.2, -0.15) is 0 Å². The number of aliphatic carboxylic acids is 1. The largest absolute Gasteiger partial charge is 1.00 e. The first-order chi connectivity index (χ1) is 16.5. The van der Waals surface area contributed by atoms with E-state index < -0.39 is 5.97 Å². The predicted molar refractivity (Wildman–Crippen MR) is 141 cm³/mol. The number of carbonyl (C=O) groups is 2. The summed E-state index contributed by atoms with van der Waals surface area (Å²) in [7, 11) is 0. The van der Waals surface area contributed by atoms with E-state index in [-0.39, 0.29) is 70.3 Å². The Balaban J connectivity index is 0.0000116. The molecule has 0 atom stereocenters. The minimum atomic E-state index is -0.868. The molecule has 5 nitrogen and oxygen atoms in total. The van der Waals surface area contributed by atoms with Crippen LogP contribution in [0.2, 0.25) is 0 Å². The summed E-state index contributed by atoms with van der Waals surface area (Å²) in [5, 5.41) is 12.5. The zero-order valence-corrected chi connectivity index (χ0v) is 25.9. The minimum absolute atomic E-state index is 0. The Labute approximate surface area is 257 Å². The number of ether oxygens (including phenoxy) is 1. The molecule has 0 saturated heterocycles. The van der Waals surface area contributed by atoms with Crippen LogP contribution in [-0.4, -0.2) is 30.1 Å². The van der Waals surface area contributed by atoms with Crippen LogP contribution in [0, 0.1) is 5.92 Å². The Kier molecular flexibility index (Phi) is 23.7. The van der Waals surface area contributed by atoms with Gasteiger partial charge in [0.15, 0.2) is 0 Å². The summed E-state index contributed by atoms with van der Waals surface area (Å²) in [5.74, 6) is 0.445. The van der Waals surface area contributed by atoms with Gasteiger partial charge in [0.25, 0.3) is 0 Å². The van der Waals surface area contributed by atoms with Crippen LogP contribution in [0.4, 0.5) is 0 Å². The van der Waals surface area contributed by atoms with Crippen LogP contribution in [0.3, 0.4) is 0 Å². The summed E-state index contributed by atoms with van der Waals surface area (Å²) in [6.07, 6.45) is 19.2. The van der Waals surface area contributed by atoms with E-state index >= 15 is 0 Å². The van der Waals surface area contributed by atoms with Crippen LogP contribution in [0.5, 0.6) is 5.75 Å². The Bertz CT molecular complexity index is 649. The van der Waals surface area contributed by atoms with Crippen molar-refractivity contribution >= 4 is 11.9 Å². The first-order valence-corrected chi connectivity index (χ1v) is 13.7. The number of carbonyl (C=O) groups excluding carboxylic acids is 1. The average molecular weight is 514 g/mol. The molecule has 1 rings (SSSR count). The van der Waals surface area contributed by atoms with Gasteiger partial charge < -0.3 is 20.0 Å². The fraction of sp³-hybridized carbons (Fsp3) is 0.724. The Morgan fingerprint density at radius 3 is 1.74 bits per heavy atom. The zero-order valence-electron chi connectivity index (χ0n) is 22.7. The molecule has 6 heteroatoms. The van der Waals surface area contributed by atoms with Crippen molar-refractivity contribution in [3.05, 3.63) is 35.1 Å². The number of amides is 1. The standard InChI is InChI=1S/C29H49NO4.K/c1-25(2)17-14-12-10-8-6-4-3-5-7-9-11-13-15-24-34-27-21-19-26(20-22-27)29(33)30-23-16-18-28(31)32;/h19-22,25H,3-18,23-24H2,1-2H3,(H2,30,31,32,33);/q;+1/p-1. The van der Waals surface area contributed by atoms with Crippen LogP contribution in [0.1, 0.15) is 127 Å². The van der Waals surface area contributed by atoms with Crippen molar-refractivity contribution in [2.24, 2.45) is 5.92 Å². The van der Waals surface area contributed by atoms with E-state index in [1.54, 1.807) is 24.3 Å². The third-order valence-corrected chi connectivity index (χ3v) is 6.10. The Hall–Kier alpha value is -0.404. The van der Waals surface area contributed by atoms with Gasteiger partial charge in [-0.1, -0.05) is 104 Å². The molecule has 0 bridgehead atoms. The fourth-order valence-corrected chi connectivity index (χ4v) is 3.99.